The largest absolute Gasteiger partial charge is 0.281 e. The van der Waals surface area contributed by atoms with Crippen LogP contribution in [0.4, 0.5) is 0 Å². The maximum atomic E-state index is 11.6. The second kappa shape index (κ2) is 5.20. The molecule has 0 aromatic carbocycles. The summed E-state index contributed by atoms with van der Waals surface area (Å²) in [6.07, 6.45) is 6.89. The first-order chi connectivity index (χ1) is 6.70. The van der Waals surface area contributed by atoms with E-state index in [0.29, 0.717) is 13.0 Å². The molecule has 14 heavy (non-hydrogen) atoms. The van der Waals surface area contributed by atoms with Crippen LogP contribution in [0.15, 0.2) is 12.2 Å². The lowest BCUT2D eigenvalue weighted by molar-refractivity contribution is -0.138. The Labute approximate surface area is 88.5 Å². The van der Waals surface area contributed by atoms with Gasteiger partial charge >= 0.3 is 0 Å². The minimum atomic E-state index is -0.145. The fourth-order valence-corrected chi connectivity index (χ4v) is 2.08. The molecule has 1 heterocycles. The summed E-state index contributed by atoms with van der Waals surface area (Å²) in [5.74, 6) is -0.0501. The summed E-state index contributed by atoms with van der Waals surface area (Å²) >= 11 is 1.46. The Kier molecular flexibility index (Phi) is 4.20. The number of hydrogen-bond acceptors (Lipinski definition) is 3. The molecule has 0 radical (unpaired) electrons. The van der Waals surface area contributed by atoms with E-state index in [1.165, 1.54) is 16.7 Å². The zero-order chi connectivity index (χ0) is 10.6. The summed E-state index contributed by atoms with van der Waals surface area (Å²) < 4.78 is 0. The van der Waals surface area contributed by atoms with Crippen LogP contribution in [0.2, 0.25) is 0 Å². The quantitative estimate of drug-likeness (QED) is 0.524. The molecule has 1 unspecified atom stereocenters. The van der Waals surface area contributed by atoms with Crippen molar-refractivity contribution < 1.29 is 9.59 Å². The number of likely N-dealkylation sites (tertiary alicyclic amines) is 1. The van der Waals surface area contributed by atoms with E-state index in [4.69, 9.17) is 0 Å². The van der Waals surface area contributed by atoms with Crippen LogP contribution in [0.1, 0.15) is 19.8 Å². The van der Waals surface area contributed by atoms with Crippen LogP contribution in [0.5, 0.6) is 0 Å². The second-order valence-electron chi connectivity index (χ2n) is 3.17. The first-order valence-electron chi connectivity index (χ1n) is 4.69. The van der Waals surface area contributed by atoms with Gasteiger partial charge in [0.2, 0.25) is 11.8 Å². The summed E-state index contributed by atoms with van der Waals surface area (Å²) in [5, 5.41) is -0.145. The van der Waals surface area contributed by atoms with Crippen molar-refractivity contribution in [2.45, 2.75) is 25.0 Å². The SMILES string of the molecule is CC=CCCN1C(=O)CC(SC)C1=O. The summed E-state index contributed by atoms with van der Waals surface area (Å²) in [6.45, 7) is 2.46. The van der Waals surface area contributed by atoms with Gasteiger partial charge in [-0.3, -0.25) is 14.5 Å². The minimum absolute atomic E-state index is 0.0213. The van der Waals surface area contributed by atoms with Crippen LogP contribution < -0.4 is 0 Å². The van der Waals surface area contributed by atoms with Crippen LogP contribution >= 0.6 is 11.8 Å². The minimum Gasteiger partial charge on any atom is -0.281 e. The highest BCUT2D eigenvalue weighted by atomic mass is 32.2. The molecule has 0 aromatic rings. The summed E-state index contributed by atoms with van der Waals surface area (Å²) in [4.78, 5) is 24.4. The zero-order valence-corrected chi connectivity index (χ0v) is 9.34. The van der Waals surface area contributed by atoms with Crippen LogP contribution in [0, 0.1) is 0 Å². The van der Waals surface area contributed by atoms with Gasteiger partial charge in [-0.15, -0.1) is 0 Å². The first kappa shape index (κ1) is 11.3. The number of imide groups is 1. The Bertz CT molecular complexity index is 263. The average Bonchev–Trinajstić information content (AvgIpc) is 2.45. The normalized spacial score (nSPS) is 22.7. The van der Waals surface area contributed by atoms with Gasteiger partial charge in [-0.05, 0) is 19.6 Å². The number of carbonyl (C=O) groups excluding carboxylic acids is 2. The molecule has 3 nitrogen and oxygen atoms in total. The molecule has 0 N–H and O–H groups in total. The molecular weight excluding hydrogens is 198 g/mol. The number of hydrogen-bond donors (Lipinski definition) is 0. The molecule has 1 aliphatic heterocycles. The number of thioether (sulfide) groups is 1. The highest BCUT2D eigenvalue weighted by Gasteiger charge is 2.37. The van der Waals surface area contributed by atoms with Crippen molar-refractivity contribution in [2.24, 2.45) is 0 Å². The lowest BCUT2D eigenvalue weighted by Crippen LogP contribution is -2.31. The Hall–Kier alpha value is -0.770. The van der Waals surface area contributed by atoms with Gasteiger partial charge in [-0.1, -0.05) is 12.2 Å². The Balaban J connectivity index is 2.52. The van der Waals surface area contributed by atoms with Crippen molar-refractivity contribution in [2.75, 3.05) is 12.8 Å². The van der Waals surface area contributed by atoms with E-state index in [9.17, 15) is 9.59 Å². The van der Waals surface area contributed by atoms with Crippen molar-refractivity contribution in [3.63, 3.8) is 0 Å². The van der Waals surface area contributed by atoms with E-state index < -0.39 is 0 Å². The van der Waals surface area contributed by atoms with Gasteiger partial charge in [-0.2, -0.15) is 11.8 Å². The van der Waals surface area contributed by atoms with Gasteiger partial charge in [0.05, 0.1) is 5.25 Å². The fourth-order valence-electron chi connectivity index (χ4n) is 1.44. The first-order valence-corrected chi connectivity index (χ1v) is 5.97. The predicted octanol–water partition coefficient (Wildman–Crippen LogP) is 1.44. The third-order valence-corrected chi connectivity index (χ3v) is 3.18. The van der Waals surface area contributed by atoms with Gasteiger partial charge in [0, 0.05) is 13.0 Å². The van der Waals surface area contributed by atoms with E-state index >= 15 is 0 Å². The van der Waals surface area contributed by atoms with Crippen molar-refractivity contribution in [3.8, 4) is 0 Å². The van der Waals surface area contributed by atoms with E-state index in [2.05, 4.69) is 0 Å². The van der Waals surface area contributed by atoms with Crippen LogP contribution in [0.3, 0.4) is 0 Å². The molecule has 1 saturated heterocycles. The Morgan fingerprint density at radius 3 is 2.79 bits per heavy atom. The number of allylic oxidation sites excluding steroid dienone is 1. The number of rotatable bonds is 4. The molecule has 0 aliphatic carbocycles. The van der Waals surface area contributed by atoms with Gasteiger partial charge in [-0.25, -0.2) is 0 Å². The van der Waals surface area contributed by atoms with E-state index in [0.717, 1.165) is 6.42 Å². The van der Waals surface area contributed by atoms with Crippen LogP contribution in [-0.2, 0) is 9.59 Å². The summed E-state index contributed by atoms with van der Waals surface area (Å²) in [7, 11) is 0. The maximum absolute atomic E-state index is 11.6. The molecule has 0 spiro atoms. The summed E-state index contributed by atoms with van der Waals surface area (Å²) in [6, 6.07) is 0. The van der Waals surface area contributed by atoms with Gasteiger partial charge in [0.15, 0.2) is 0 Å². The molecule has 4 heteroatoms. The molecule has 1 rings (SSSR count). The van der Waals surface area contributed by atoms with Crippen molar-refractivity contribution in [1.82, 2.24) is 4.90 Å². The van der Waals surface area contributed by atoms with Gasteiger partial charge < -0.3 is 0 Å². The highest BCUT2D eigenvalue weighted by Crippen LogP contribution is 2.22. The third-order valence-electron chi connectivity index (χ3n) is 2.24. The van der Waals surface area contributed by atoms with Crippen molar-refractivity contribution in [1.29, 1.82) is 0 Å². The Morgan fingerprint density at radius 2 is 2.29 bits per heavy atom. The molecule has 78 valence electrons. The standard InChI is InChI=1S/C10H15NO2S/c1-3-4-5-6-11-9(12)7-8(14-2)10(11)13/h3-4,8H,5-7H2,1-2H3. The monoisotopic (exact) mass is 213 g/mol. The molecule has 0 bridgehead atoms. The topological polar surface area (TPSA) is 37.4 Å². The lowest BCUT2D eigenvalue weighted by atomic mass is 10.3. The van der Waals surface area contributed by atoms with Crippen molar-refractivity contribution >= 4 is 23.6 Å². The van der Waals surface area contributed by atoms with Crippen LogP contribution in [0.25, 0.3) is 0 Å². The van der Waals surface area contributed by atoms with Gasteiger partial charge in [0.1, 0.15) is 0 Å². The molecule has 0 saturated carbocycles. The molecule has 1 aliphatic rings. The molecule has 1 fully saturated rings. The molecule has 1 atom stereocenters. The summed E-state index contributed by atoms with van der Waals surface area (Å²) in [5.41, 5.74) is 0. The average molecular weight is 213 g/mol. The van der Waals surface area contributed by atoms with Crippen LogP contribution in [-0.4, -0.2) is 34.8 Å². The molecule has 2 amide bonds. The van der Waals surface area contributed by atoms with Gasteiger partial charge in [0.25, 0.3) is 0 Å². The Morgan fingerprint density at radius 1 is 1.57 bits per heavy atom. The van der Waals surface area contributed by atoms with Crippen molar-refractivity contribution in [3.05, 3.63) is 12.2 Å². The third kappa shape index (κ3) is 2.38. The molecule has 0 aromatic heterocycles. The lowest BCUT2D eigenvalue weighted by Gasteiger charge is -2.12. The zero-order valence-electron chi connectivity index (χ0n) is 8.53. The fraction of sp³-hybridized carbons (Fsp3) is 0.600. The smallest absolute Gasteiger partial charge is 0.242 e. The number of nitrogens with zero attached hydrogens (tertiary/aromatic N) is 1. The number of amides is 2. The second-order valence-corrected chi connectivity index (χ2v) is 4.21. The van der Waals surface area contributed by atoms with E-state index in [1.54, 1.807) is 0 Å². The van der Waals surface area contributed by atoms with E-state index in [1.807, 2.05) is 25.3 Å². The van der Waals surface area contributed by atoms with E-state index in [-0.39, 0.29) is 17.1 Å². The predicted molar refractivity (Wildman–Crippen MR) is 58.1 cm³/mol. The maximum Gasteiger partial charge on any atom is 0.242 e. The highest BCUT2D eigenvalue weighted by molar-refractivity contribution is 8.00. The molecular formula is C10H15NO2S. The number of carbonyl (C=O) groups is 2.